The maximum Gasteiger partial charge on any atom is 0.410 e. The fraction of sp³-hybridized carbons (Fsp3) is 0.533. The topological polar surface area (TPSA) is 190 Å². The number of nitrogens with one attached hydrogen (secondary N) is 1. The number of carbonyl (C=O) groups excluding carboxylic acids is 3. The van der Waals surface area contributed by atoms with Gasteiger partial charge in [-0.25, -0.2) is 14.8 Å². The van der Waals surface area contributed by atoms with E-state index in [2.05, 4.69) is 15.3 Å². The SMILES string of the molecule is CC(C)Oc1cc2c(OC[C@@]34CNCC[C@@H]3C4)nccc2cc1C(N)=O.CC(C)Oc1cc2c(OC[C@]34C[C@H]3CCN(C(=O)OC(C)(C)C)C4)nccc2cc1C(N)=O. The number of primary amides is 2. The normalized spacial score (nSPS) is 23.1. The molecule has 4 fully saturated rings. The van der Waals surface area contributed by atoms with Crippen LogP contribution < -0.4 is 35.7 Å². The van der Waals surface area contributed by atoms with Crippen LogP contribution in [0.15, 0.2) is 48.8 Å². The molecule has 14 heteroatoms. The van der Waals surface area contributed by atoms with E-state index in [1.807, 2.05) is 66.7 Å². The zero-order valence-electron chi connectivity index (χ0n) is 35.3. The largest absolute Gasteiger partial charge is 0.490 e. The fourth-order valence-electron chi connectivity index (χ4n) is 8.50. The summed E-state index contributed by atoms with van der Waals surface area (Å²) in [6.45, 7) is 17.8. The van der Waals surface area contributed by atoms with E-state index in [4.69, 9.17) is 35.2 Å². The third-order valence-electron chi connectivity index (χ3n) is 11.7. The van der Waals surface area contributed by atoms with E-state index in [-0.39, 0.29) is 29.1 Å². The highest BCUT2D eigenvalue weighted by Gasteiger charge is 2.58. The molecular weight excluding hydrogens is 753 g/mol. The van der Waals surface area contributed by atoms with E-state index in [1.165, 1.54) is 12.8 Å². The molecule has 0 radical (unpaired) electrons. The Morgan fingerprint density at radius 1 is 0.797 bits per heavy atom. The van der Waals surface area contributed by atoms with Crippen molar-refractivity contribution in [1.29, 1.82) is 0 Å². The molecule has 59 heavy (non-hydrogen) atoms. The van der Waals surface area contributed by atoms with Crippen molar-refractivity contribution in [2.75, 3.05) is 39.4 Å². The van der Waals surface area contributed by atoms with Crippen LogP contribution in [-0.2, 0) is 4.74 Å². The van der Waals surface area contributed by atoms with Crippen molar-refractivity contribution in [2.45, 2.75) is 92.0 Å². The Hall–Kier alpha value is -5.37. The van der Waals surface area contributed by atoms with Crippen molar-refractivity contribution in [3.05, 3.63) is 59.9 Å². The number of likely N-dealkylation sites (tertiary alicyclic amines) is 1. The number of ether oxygens (including phenoxy) is 5. The van der Waals surface area contributed by atoms with Crippen molar-refractivity contribution >= 4 is 39.5 Å². The first-order valence-corrected chi connectivity index (χ1v) is 20.7. The van der Waals surface area contributed by atoms with Gasteiger partial charge < -0.3 is 45.4 Å². The number of benzene rings is 2. The summed E-state index contributed by atoms with van der Waals surface area (Å²) in [5.41, 5.74) is 11.5. The number of aromatic nitrogens is 2. The van der Waals surface area contributed by atoms with E-state index >= 15 is 0 Å². The number of amides is 3. The molecule has 4 heterocycles. The maximum absolute atomic E-state index is 12.6. The van der Waals surface area contributed by atoms with Crippen molar-refractivity contribution in [3.63, 3.8) is 0 Å². The van der Waals surface area contributed by atoms with Crippen LogP contribution in [0.3, 0.4) is 0 Å². The van der Waals surface area contributed by atoms with Gasteiger partial charge in [0.15, 0.2) is 0 Å². The number of pyridine rings is 2. The number of piperidine rings is 2. The Balaban J connectivity index is 0.000000184. The second-order valence-electron chi connectivity index (χ2n) is 18.2. The molecule has 2 aliphatic heterocycles. The molecule has 4 aromatic rings. The van der Waals surface area contributed by atoms with Gasteiger partial charge in [0.25, 0.3) is 11.8 Å². The molecule has 2 saturated heterocycles. The molecule has 8 rings (SSSR count). The molecule has 0 unspecified atom stereocenters. The van der Waals surface area contributed by atoms with Crippen LogP contribution in [0.5, 0.6) is 23.3 Å². The highest BCUT2D eigenvalue weighted by molar-refractivity contribution is 6.02. The first kappa shape index (κ1) is 41.8. The summed E-state index contributed by atoms with van der Waals surface area (Å²) in [5, 5.41) is 6.73. The molecule has 14 nitrogen and oxygen atoms in total. The zero-order chi connectivity index (χ0) is 42.3. The molecule has 2 saturated carbocycles. The van der Waals surface area contributed by atoms with Gasteiger partial charge in [-0.15, -0.1) is 0 Å². The van der Waals surface area contributed by atoms with Gasteiger partial charge in [-0.3, -0.25) is 9.59 Å². The second kappa shape index (κ2) is 16.4. The van der Waals surface area contributed by atoms with Gasteiger partial charge >= 0.3 is 6.09 Å². The summed E-state index contributed by atoms with van der Waals surface area (Å²) in [4.78, 5) is 47.0. The first-order chi connectivity index (χ1) is 28.0. The third kappa shape index (κ3) is 9.43. The summed E-state index contributed by atoms with van der Waals surface area (Å²) in [5.74, 6) is 2.20. The molecule has 0 bridgehead atoms. The predicted octanol–water partition coefficient (Wildman–Crippen LogP) is 6.65. The van der Waals surface area contributed by atoms with Gasteiger partial charge in [0.05, 0.1) is 36.5 Å². The second-order valence-corrected chi connectivity index (χ2v) is 18.2. The Bertz CT molecular complexity index is 2240. The van der Waals surface area contributed by atoms with E-state index in [1.54, 1.807) is 35.5 Å². The smallest absolute Gasteiger partial charge is 0.410 e. The van der Waals surface area contributed by atoms with Crippen LogP contribution in [0.2, 0.25) is 0 Å². The first-order valence-electron chi connectivity index (χ1n) is 20.7. The maximum atomic E-state index is 12.6. The van der Waals surface area contributed by atoms with E-state index in [9.17, 15) is 14.4 Å². The Kier molecular flexibility index (Phi) is 11.6. The van der Waals surface area contributed by atoms with Crippen molar-refractivity contribution < 1.29 is 38.1 Å². The minimum atomic E-state index is -0.545. The monoisotopic (exact) mass is 810 g/mol. The molecule has 316 valence electrons. The van der Waals surface area contributed by atoms with Crippen LogP contribution >= 0.6 is 0 Å². The predicted molar refractivity (Wildman–Crippen MR) is 224 cm³/mol. The lowest BCUT2D eigenvalue weighted by Crippen LogP contribution is -2.45. The molecule has 4 aliphatic rings. The summed E-state index contributed by atoms with van der Waals surface area (Å²) >= 11 is 0. The van der Waals surface area contributed by atoms with Gasteiger partial charge in [-0.2, -0.15) is 0 Å². The highest BCUT2D eigenvalue weighted by Crippen LogP contribution is 2.58. The number of hydrogen-bond acceptors (Lipinski definition) is 11. The van der Waals surface area contributed by atoms with Crippen LogP contribution in [0, 0.1) is 22.7 Å². The van der Waals surface area contributed by atoms with Gasteiger partial charge in [0.1, 0.15) is 17.1 Å². The molecule has 2 aromatic heterocycles. The minimum Gasteiger partial charge on any atom is -0.490 e. The average molecular weight is 811 g/mol. The van der Waals surface area contributed by atoms with Gasteiger partial charge in [0, 0.05) is 53.6 Å². The molecule has 3 amide bonds. The van der Waals surface area contributed by atoms with E-state index in [0.29, 0.717) is 66.6 Å². The lowest BCUT2D eigenvalue weighted by atomic mass is 9.98. The highest BCUT2D eigenvalue weighted by atomic mass is 16.6. The quantitative estimate of drug-likeness (QED) is 0.139. The van der Waals surface area contributed by atoms with Crippen molar-refractivity contribution in [2.24, 2.45) is 34.1 Å². The molecular formula is C45H58N6O8. The lowest BCUT2D eigenvalue weighted by molar-refractivity contribution is 0.0119. The summed E-state index contributed by atoms with van der Waals surface area (Å²) in [6.07, 6.45) is 7.31. The average Bonchev–Trinajstić information content (AvgIpc) is 4.08. The summed E-state index contributed by atoms with van der Waals surface area (Å²) < 4.78 is 29.6. The molecule has 5 N–H and O–H groups in total. The minimum absolute atomic E-state index is 0.0639. The van der Waals surface area contributed by atoms with Crippen LogP contribution in [0.25, 0.3) is 21.5 Å². The number of fused-ring (bicyclic) bond motifs is 4. The molecule has 4 atom stereocenters. The van der Waals surface area contributed by atoms with Gasteiger partial charge in [-0.05, 0) is 140 Å². The fourth-order valence-corrected chi connectivity index (χ4v) is 8.50. The van der Waals surface area contributed by atoms with Crippen molar-refractivity contribution in [3.8, 4) is 23.3 Å². The van der Waals surface area contributed by atoms with Gasteiger partial charge in [-0.1, -0.05) is 0 Å². The Morgan fingerprint density at radius 2 is 1.31 bits per heavy atom. The Labute approximate surface area is 345 Å². The Morgan fingerprint density at radius 3 is 1.80 bits per heavy atom. The third-order valence-corrected chi connectivity index (χ3v) is 11.7. The van der Waals surface area contributed by atoms with Crippen LogP contribution in [-0.4, -0.2) is 90.0 Å². The number of carbonyl (C=O) groups is 3. The summed E-state index contributed by atoms with van der Waals surface area (Å²) in [6, 6.07) is 10.7. The number of nitrogens with two attached hydrogens (primary N) is 2. The summed E-state index contributed by atoms with van der Waals surface area (Å²) in [7, 11) is 0. The molecule has 2 aliphatic carbocycles. The van der Waals surface area contributed by atoms with Crippen LogP contribution in [0.1, 0.15) is 94.9 Å². The standard InChI is InChI=1S/C25H33N3O5.C20H25N3O3/c1-15(2)32-20-11-18-16(10-19(20)21(26)29)6-8-27-22(18)31-14-25-12-17(25)7-9-28(13-25)23(30)33-24(3,4)5;1-12(2)26-17-8-15-13(7-16(17)18(21)24)3-6-23-19(15)25-11-20-9-14(20)4-5-22-10-20/h6,8,10-11,15,17H,7,9,12-14H2,1-5H3,(H2,26,29);3,6-8,12,14,22H,4-5,9-11H2,1-2H3,(H2,21,24)/t17-,25-;14-,20-/m11/s1. The van der Waals surface area contributed by atoms with E-state index < -0.39 is 17.4 Å². The van der Waals surface area contributed by atoms with E-state index in [0.717, 1.165) is 53.4 Å². The van der Waals surface area contributed by atoms with Gasteiger partial charge in [0.2, 0.25) is 11.8 Å². The number of nitrogens with zero attached hydrogens (tertiary/aromatic N) is 3. The van der Waals surface area contributed by atoms with Crippen LogP contribution in [0.4, 0.5) is 4.79 Å². The zero-order valence-corrected chi connectivity index (χ0v) is 35.3. The number of rotatable bonds is 12. The number of hydrogen-bond donors (Lipinski definition) is 3. The molecule has 0 spiro atoms. The van der Waals surface area contributed by atoms with Crippen molar-refractivity contribution in [1.82, 2.24) is 20.2 Å². The lowest BCUT2D eigenvalue weighted by Gasteiger charge is -2.34. The molecule has 2 aromatic carbocycles.